The van der Waals surface area contributed by atoms with Gasteiger partial charge in [0.25, 0.3) is 5.91 Å². The molecule has 2 N–H and O–H groups in total. The summed E-state index contributed by atoms with van der Waals surface area (Å²) in [4.78, 5) is 36.5. The highest BCUT2D eigenvalue weighted by Gasteiger charge is 2.14. The summed E-state index contributed by atoms with van der Waals surface area (Å²) < 4.78 is 15.8. The number of rotatable bonds is 10. The van der Waals surface area contributed by atoms with Gasteiger partial charge in [-0.1, -0.05) is 23.1 Å². The molecular formula is C22H22N4O6S2. The summed E-state index contributed by atoms with van der Waals surface area (Å²) in [6, 6.07) is 11.2. The number of methoxy groups -OCH3 is 2. The Balaban J connectivity index is 1.51. The zero-order chi connectivity index (χ0) is 24.5. The minimum atomic E-state index is -0.416. The summed E-state index contributed by atoms with van der Waals surface area (Å²) in [6.45, 7) is 2.03. The average molecular weight is 503 g/mol. The van der Waals surface area contributed by atoms with Crippen LogP contribution >= 0.6 is 23.1 Å². The lowest BCUT2D eigenvalue weighted by molar-refractivity contribution is -0.113. The Morgan fingerprint density at radius 2 is 1.62 bits per heavy atom. The number of amides is 2. The highest BCUT2D eigenvalue weighted by atomic mass is 32.2. The molecule has 0 spiro atoms. The molecule has 0 aliphatic heterocycles. The van der Waals surface area contributed by atoms with Gasteiger partial charge in [-0.3, -0.25) is 14.9 Å². The summed E-state index contributed by atoms with van der Waals surface area (Å²) in [5.74, 6) is 0.00162. The number of carbonyl (C=O) groups is 3. The number of carbonyl (C=O) groups excluding carboxylic acids is 3. The first kappa shape index (κ1) is 25.0. The van der Waals surface area contributed by atoms with Crippen molar-refractivity contribution in [2.45, 2.75) is 11.3 Å². The molecule has 1 heterocycles. The normalized spacial score (nSPS) is 10.3. The number of hydrogen-bond acceptors (Lipinski definition) is 10. The van der Waals surface area contributed by atoms with Crippen molar-refractivity contribution >= 4 is 51.7 Å². The Kier molecular flexibility index (Phi) is 8.82. The molecule has 0 unspecified atom stereocenters. The molecule has 0 saturated carbocycles. The molecule has 0 fully saturated rings. The molecule has 1 aromatic heterocycles. The van der Waals surface area contributed by atoms with Gasteiger partial charge in [0.05, 0.1) is 32.1 Å². The number of hydrogen-bond donors (Lipinski definition) is 2. The van der Waals surface area contributed by atoms with Gasteiger partial charge in [0.1, 0.15) is 11.5 Å². The van der Waals surface area contributed by atoms with Gasteiger partial charge in [0.2, 0.25) is 11.0 Å². The first-order valence-corrected chi connectivity index (χ1v) is 11.8. The fourth-order valence-electron chi connectivity index (χ4n) is 2.65. The average Bonchev–Trinajstić information content (AvgIpc) is 3.30. The maximum Gasteiger partial charge on any atom is 0.338 e. The Labute approximate surface area is 204 Å². The molecule has 178 valence electrons. The molecule has 0 bridgehead atoms. The molecule has 0 atom stereocenters. The van der Waals surface area contributed by atoms with E-state index >= 15 is 0 Å². The van der Waals surface area contributed by atoms with E-state index in [9.17, 15) is 14.4 Å². The van der Waals surface area contributed by atoms with E-state index in [2.05, 4.69) is 20.8 Å². The van der Waals surface area contributed by atoms with Crippen molar-refractivity contribution in [3.8, 4) is 11.5 Å². The minimum absolute atomic E-state index is 0.0926. The Morgan fingerprint density at radius 3 is 2.24 bits per heavy atom. The van der Waals surface area contributed by atoms with Crippen LogP contribution in [0.1, 0.15) is 27.6 Å². The molecule has 0 radical (unpaired) electrons. The lowest BCUT2D eigenvalue weighted by Gasteiger charge is -2.07. The van der Waals surface area contributed by atoms with Crippen LogP contribution in [0, 0.1) is 0 Å². The van der Waals surface area contributed by atoms with Crippen molar-refractivity contribution in [1.82, 2.24) is 10.2 Å². The minimum Gasteiger partial charge on any atom is -0.497 e. The molecule has 2 aromatic carbocycles. The van der Waals surface area contributed by atoms with E-state index in [1.807, 2.05) is 0 Å². The number of anilines is 2. The molecule has 0 aliphatic carbocycles. The predicted octanol–water partition coefficient (Wildman–Crippen LogP) is 3.72. The number of benzene rings is 2. The summed E-state index contributed by atoms with van der Waals surface area (Å²) >= 11 is 2.33. The third-order valence-electron chi connectivity index (χ3n) is 4.25. The highest BCUT2D eigenvalue weighted by molar-refractivity contribution is 8.01. The summed E-state index contributed by atoms with van der Waals surface area (Å²) in [7, 11) is 3.00. The van der Waals surface area contributed by atoms with Crippen LogP contribution in [0.25, 0.3) is 0 Å². The Morgan fingerprint density at radius 1 is 0.941 bits per heavy atom. The van der Waals surface area contributed by atoms with Gasteiger partial charge in [0, 0.05) is 17.3 Å². The lowest BCUT2D eigenvalue weighted by atomic mass is 10.2. The second-order valence-electron chi connectivity index (χ2n) is 6.56. The highest BCUT2D eigenvalue weighted by Crippen LogP contribution is 2.27. The standard InChI is InChI=1S/C22H22N4O6S2/c1-4-32-20(29)13-5-7-15(8-6-13)23-18(27)12-33-22-26-25-21(34-22)24-19(28)14-9-16(30-2)11-17(10-14)31-3/h5-11H,4,12H2,1-3H3,(H,23,27)(H,24,25,28). The first-order valence-electron chi connectivity index (χ1n) is 9.99. The number of thioether (sulfide) groups is 1. The molecule has 10 nitrogen and oxygen atoms in total. The van der Waals surface area contributed by atoms with Crippen molar-refractivity contribution in [1.29, 1.82) is 0 Å². The first-order chi connectivity index (χ1) is 16.4. The van der Waals surface area contributed by atoms with Crippen LogP contribution in [0.4, 0.5) is 10.8 Å². The number of nitrogens with one attached hydrogen (secondary N) is 2. The fraction of sp³-hybridized carbons (Fsp3) is 0.227. The number of nitrogens with zero attached hydrogens (tertiary/aromatic N) is 2. The second kappa shape index (κ2) is 12.0. The van der Waals surface area contributed by atoms with Crippen LogP contribution in [0.2, 0.25) is 0 Å². The van der Waals surface area contributed by atoms with E-state index in [1.54, 1.807) is 49.4 Å². The summed E-state index contributed by atoms with van der Waals surface area (Å²) in [6.07, 6.45) is 0. The molecule has 34 heavy (non-hydrogen) atoms. The van der Waals surface area contributed by atoms with E-state index in [1.165, 1.54) is 26.0 Å². The second-order valence-corrected chi connectivity index (χ2v) is 8.76. The van der Waals surface area contributed by atoms with Crippen molar-refractivity contribution in [2.24, 2.45) is 0 Å². The van der Waals surface area contributed by atoms with Crippen molar-refractivity contribution in [3.05, 3.63) is 53.6 Å². The zero-order valence-corrected chi connectivity index (χ0v) is 20.2. The van der Waals surface area contributed by atoms with Gasteiger partial charge in [0.15, 0.2) is 4.34 Å². The largest absolute Gasteiger partial charge is 0.497 e. The van der Waals surface area contributed by atoms with Crippen molar-refractivity contribution < 1.29 is 28.6 Å². The van der Waals surface area contributed by atoms with Crippen LogP contribution in [0.3, 0.4) is 0 Å². The van der Waals surface area contributed by atoms with Crippen LogP contribution in [-0.4, -0.2) is 54.6 Å². The van der Waals surface area contributed by atoms with Crippen LogP contribution in [0.5, 0.6) is 11.5 Å². The van der Waals surface area contributed by atoms with E-state index < -0.39 is 11.9 Å². The van der Waals surface area contributed by atoms with E-state index in [0.29, 0.717) is 44.4 Å². The molecule has 0 aliphatic rings. The van der Waals surface area contributed by atoms with Crippen LogP contribution in [-0.2, 0) is 9.53 Å². The zero-order valence-electron chi connectivity index (χ0n) is 18.6. The van der Waals surface area contributed by atoms with Gasteiger partial charge >= 0.3 is 5.97 Å². The van der Waals surface area contributed by atoms with E-state index in [0.717, 1.165) is 11.3 Å². The van der Waals surface area contributed by atoms with Gasteiger partial charge in [-0.2, -0.15) is 0 Å². The molecular weight excluding hydrogens is 480 g/mol. The van der Waals surface area contributed by atoms with Gasteiger partial charge < -0.3 is 19.5 Å². The van der Waals surface area contributed by atoms with Crippen molar-refractivity contribution in [3.63, 3.8) is 0 Å². The number of aromatic nitrogens is 2. The predicted molar refractivity (Wildman–Crippen MR) is 129 cm³/mol. The van der Waals surface area contributed by atoms with Crippen LogP contribution in [0.15, 0.2) is 46.8 Å². The molecule has 2 amide bonds. The number of ether oxygens (including phenoxy) is 3. The van der Waals surface area contributed by atoms with E-state index in [4.69, 9.17) is 14.2 Å². The van der Waals surface area contributed by atoms with Crippen LogP contribution < -0.4 is 20.1 Å². The smallest absolute Gasteiger partial charge is 0.338 e. The quantitative estimate of drug-likeness (QED) is 0.242. The maximum absolute atomic E-state index is 12.5. The molecule has 0 saturated heterocycles. The monoisotopic (exact) mass is 502 g/mol. The fourth-order valence-corrected chi connectivity index (χ4v) is 4.20. The van der Waals surface area contributed by atoms with Crippen molar-refractivity contribution in [2.75, 3.05) is 37.2 Å². The molecule has 3 rings (SSSR count). The van der Waals surface area contributed by atoms with Gasteiger partial charge in [-0.25, -0.2) is 4.79 Å². The number of esters is 1. The van der Waals surface area contributed by atoms with E-state index in [-0.39, 0.29) is 11.7 Å². The Hall–Kier alpha value is -3.64. The lowest BCUT2D eigenvalue weighted by Crippen LogP contribution is -2.14. The summed E-state index contributed by atoms with van der Waals surface area (Å²) in [5, 5.41) is 13.7. The van der Waals surface area contributed by atoms with Gasteiger partial charge in [-0.05, 0) is 43.3 Å². The van der Waals surface area contributed by atoms with Gasteiger partial charge in [-0.15, -0.1) is 10.2 Å². The molecule has 12 heteroatoms. The third kappa shape index (κ3) is 6.93. The molecule has 3 aromatic rings. The third-order valence-corrected chi connectivity index (χ3v) is 6.22. The SMILES string of the molecule is CCOC(=O)c1ccc(NC(=O)CSc2nnc(NC(=O)c3cc(OC)cc(OC)c3)s2)cc1. The maximum atomic E-state index is 12.5. The Bertz CT molecular complexity index is 1140. The summed E-state index contributed by atoms with van der Waals surface area (Å²) in [5.41, 5.74) is 1.30. The topological polar surface area (TPSA) is 129 Å².